The van der Waals surface area contributed by atoms with Crippen LogP contribution in [-0.2, 0) is 60.9 Å². The zero-order valence-corrected chi connectivity index (χ0v) is 64.6. The van der Waals surface area contributed by atoms with Crippen molar-refractivity contribution in [1.29, 1.82) is 0 Å². The number of benzene rings is 8. The number of aliphatic hydroxyl groups excluding tert-OH is 6. The van der Waals surface area contributed by atoms with Crippen LogP contribution < -0.4 is 67.6 Å². The number of hydrogen-bond acceptors (Lipinski definition) is 26. The van der Waals surface area contributed by atoms with Crippen molar-refractivity contribution in [2.24, 2.45) is 11.5 Å². The Morgan fingerprint density at radius 2 is 1.29 bits per heavy atom. The number of amides is 7. The van der Waals surface area contributed by atoms with E-state index in [9.17, 15) is 75.0 Å². The van der Waals surface area contributed by atoms with Crippen molar-refractivity contribution in [2.45, 2.75) is 157 Å². The Morgan fingerprint density at radius 1 is 0.644 bits per heavy atom. The summed E-state index contributed by atoms with van der Waals surface area (Å²) in [5.41, 5.74) is 11.8. The third-order valence-electron chi connectivity index (χ3n) is 21.1. The first-order valence-electron chi connectivity index (χ1n) is 37.0. The summed E-state index contributed by atoms with van der Waals surface area (Å²) in [6.07, 6.45) is -19.0. The van der Waals surface area contributed by atoms with Gasteiger partial charge >= 0.3 is 5.97 Å². The summed E-state index contributed by atoms with van der Waals surface area (Å²) in [7, 11) is 0. The monoisotopic (exact) mass is 1660 g/mol. The van der Waals surface area contributed by atoms with Crippen LogP contribution in [0.15, 0.2) is 146 Å². The third-order valence-corrected chi connectivity index (χ3v) is 21.7. The maximum Gasteiger partial charge on any atom is 0.330 e. The fourth-order valence-corrected chi connectivity index (χ4v) is 15.2. The normalized spacial score (nSPS) is 26.5. The highest BCUT2D eigenvalue weighted by atomic mass is 35.5. The number of phenols is 3. The molecule has 118 heavy (non-hydrogen) atoms. The summed E-state index contributed by atoms with van der Waals surface area (Å²) in [5, 5.41) is 133. The molecule has 7 aliphatic rings. The van der Waals surface area contributed by atoms with Crippen LogP contribution in [0, 0.1) is 13.8 Å². The number of hydrogen-bond donors (Lipinski definition) is 19. The topological polar surface area (TPSA) is 540 Å². The van der Waals surface area contributed by atoms with E-state index in [4.69, 9.17) is 67.8 Å². The van der Waals surface area contributed by atoms with Gasteiger partial charge < -0.3 is 133 Å². The van der Waals surface area contributed by atoms with Gasteiger partial charge in [-0.05, 0) is 139 Å². The molecule has 0 aromatic heterocycles. The summed E-state index contributed by atoms with van der Waals surface area (Å²) in [5.74, 6) is -14.7. The lowest BCUT2D eigenvalue weighted by molar-refractivity contribution is -0.334. The van der Waals surface area contributed by atoms with E-state index < -0.39 is 231 Å². The fourth-order valence-electron chi connectivity index (χ4n) is 14.7. The molecule has 11 bridgehead atoms. The first kappa shape index (κ1) is 84.2. The molecule has 34 nitrogen and oxygen atoms in total. The largest absolute Gasteiger partial charge is 0.508 e. The minimum Gasteiger partial charge on any atom is -0.508 e. The van der Waals surface area contributed by atoms with Crippen molar-refractivity contribution in [1.82, 2.24) is 31.9 Å². The molecule has 2 fully saturated rings. The summed E-state index contributed by atoms with van der Waals surface area (Å²) in [4.78, 5) is 116. The smallest absolute Gasteiger partial charge is 0.330 e. The molecule has 7 amide bonds. The van der Waals surface area contributed by atoms with E-state index >= 15 is 14.4 Å². The van der Waals surface area contributed by atoms with E-state index in [-0.39, 0.29) is 47.0 Å². The first-order chi connectivity index (χ1) is 56.1. The molecular formula is C82H83Cl2N9O25. The van der Waals surface area contributed by atoms with Crippen molar-refractivity contribution in [3.05, 3.63) is 211 Å². The second-order valence-corrected chi connectivity index (χ2v) is 30.2. The molecule has 15 rings (SSSR count). The van der Waals surface area contributed by atoms with Crippen LogP contribution in [0.5, 0.6) is 51.7 Å². The number of carboxylic acid groups (broad SMARTS) is 1. The number of aliphatic hydroxyl groups is 6. The van der Waals surface area contributed by atoms with E-state index in [0.29, 0.717) is 28.1 Å². The summed E-state index contributed by atoms with van der Waals surface area (Å²) in [6.45, 7) is 6.28. The van der Waals surface area contributed by atoms with Crippen LogP contribution in [0.4, 0.5) is 5.69 Å². The molecule has 8 aromatic rings. The quantitative estimate of drug-likeness (QED) is 0.0628. The molecule has 620 valence electrons. The Balaban J connectivity index is 0.906. The predicted molar refractivity (Wildman–Crippen MR) is 417 cm³/mol. The Labute approximate surface area is 681 Å². The number of primary amides is 1. The molecule has 8 aromatic carbocycles. The highest BCUT2D eigenvalue weighted by Crippen LogP contribution is 2.50. The maximum atomic E-state index is 16.0. The second-order valence-electron chi connectivity index (χ2n) is 29.4. The van der Waals surface area contributed by atoms with Gasteiger partial charge in [-0.25, -0.2) is 4.79 Å². The molecule has 17 atom stereocenters. The molecule has 0 aliphatic carbocycles. The maximum absolute atomic E-state index is 16.0. The highest BCUT2D eigenvalue weighted by molar-refractivity contribution is 6.32. The van der Waals surface area contributed by atoms with Crippen molar-refractivity contribution in [3.8, 4) is 62.9 Å². The molecular weight excluding hydrogens is 1580 g/mol. The number of carbonyl (C=O) groups excluding carboxylic acids is 7. The number of anilines is 1. The number of rotatable bonds is 16. The number of aromatic hydroxyl groups is 3. The van der Waals surface area contributed by atoms with Crippen LogP contribution in [-0.4, -0.2) is 178 Å². The molecule has 2 saturated heterocycles. The van der Waals surface area contributed by atoms with Crippen LogP contribution in [0.2, 0.25) is 10.0 Å². The predicted octanol–water partition coefficient (Wildman–Crippen LogP) is 4.59. The fraction of sp³-hybridized carbons (Fsp3) is 0.317. The van der Waals surface area contributed by atoms with Gasteiger partial charge in [0.15, 0.2) is 29.9 Å². The number of nitrogens with one attached hydrogen (secondary N) is 7. The van der Waals surface area contributed by atoms with Crippen molar-refractivity contribution in [3.63, 3.8) is 0 Å². The Hall–Kier alpha value is -11.7. The number of phenolic OH excluding ortho intramolecular Hbond substituents is 3. The van der Waals surface area contributed by atoms with Crippen LogP contribution in [0.3, 0.4) is 0 Å². The standard InChI is InChI=1S/C82H83Cl2N9O25/c1-34-13-17-45(35(2)70(34)112-33-37-9-6-5-7-10-37)74(104)88-43-12-8-11-38(21-43)31-87-82(4)30-59(113-36(3)73(82)103)117-72-69(102)68(101)57(32-94)116-81(72)118-71-55-25-42-26-56(71)115-54-20-16-41(24-49(54)84)67(100)65-79(109)92-64(80(110)111)47-27-44(95)28-52(97)60(47)46-22-39(14-18-51(46)96)62(77(107)93-65)91-78(108)63(42)90-75(105)50(29-58(85)98)89-76(106)61(86)66(99)40-15-19-53(114-55)48(83)23-40/h5-28,36,50,57,59,61-69,72-73,81,87,94-97,99-103H,29-33,86H2,1-4H3,(H2,85,98)(H,88,104)(H,89,106)(H,90,105)(H,91,108)(H,92,109)(H,93,107)(H,110,111)/t36-,50-,57+,59-,61+,62+,63?,64+,65-,66+,67+,68+,69+,72+,73+,81?,82-/m0/s1. The van der Waals surface area contributed by atoms with Crippen LogP contribution in [0.1, 0.15) is 117 Å². The molecule has 36 heteroatoms. The highest BCUT2D eigenvalue weighted by Gasteiger charge is 2.52. The molecule has 2 unspecified atom stereocenters. The summed E-state index contributed by atoms with van der Waals surface area (Å²) < 4.78 is 45.6. The van der Waals surface area contributed by atoms with Gasteiger partial charge in [0.2, 0.25) is 47.5 Å². The number of carbonyl (C=O) groups is 8. The average Bonchev–Trinajstić information content (AvgIpc) is 0.762. The Bertz CT molecular complexity index is 5260. The minimum absolute atomic E-state index is 0.0682. The number of aryl methyl sites for hydroxylation is 1. The SMILES string of the molecule is Cc1ccc(C(=O)Nc2cccc(CN[C@@]3(C)C[C@H](O[C@H]4C(Oc5c6cc7cc5Oc5ccc(cc5Cl)[C@@H](O)[C@@H](N)C(=O)N[C@@H](CC(N)=O)C(=O)NC7C(=O)N[C@H]5C(=O)N[C@H](C(=O)N[C@@H](C(=O)O)c7cc(O)cc(O)c7-c7cc5ccc7O)[C@H](O)c5ccc(c(Cl)c5)O6)O[C@H](CO)[C@@H](O)[C@H]4O)O[C@@H](C)[C@H]3O)c2)c(C)c1OCc1ccccc1. The van der Waals surface area contributed by atoms with Gasteiger partial charge in [0, 0.05) is 58.1 Å². The van der Waals surface area contributed by atoms with Gasteiger partial charge in [0.25, 0.3) is 5.91 Å². The van der Waals surface area contributed by atoms with Crippen molar-refractivity contribution < 1.29 is 123 Å². The van der Waals surface area contributed by atoms with Gasteiger partial charge in [-0.1, -0.05) is 89.9 Å². The number of ether oxygens (including phenoxy) is 7. The van der Waals surface area contributed by atoms with Crippen molar-refractivity contribution in [2.75, 3.05) is 11.9 Å². The summed E-state index contributed by atoms with van der Waals surface area (Å²) >= 11 is 14.1. The van der Waals surface area contributed by atoms with E-state index in [1.54, 1.807) is 57.2 Å². The number of carboxylic acids is 1. The zero-order chi connectivity index (χ0) is 84.6. The van der Waals surface area contributed by atoms with E-state index in [2.05, 4.69) is 37.2 Å². The number of nitrogens with two attached hydrogens (primary N) is 2. The first-order valence-corrected chi connectivity index (χ1v) is 37.8. The van der Waals surface area contributed by atoms with Gasteiger partial charge in [0.05, 0.1) is 35.3 Å². The molecule has 0 spiro atoms. The zero-order valence-electron chi connectivity index (χ0n) is 63.1. The summed E-state index contributed by atoms with van der Waals surface area (Å²) in [6, 6.07) is 20.7. The third kappa shape index (κ3) is 17.8. The second kappa shape index (κ2) is 34.8. The number of fused-ring (bicyclic) bond motifs is 15. The molecule has 0 radical (unpaired) electrons. The Kier molecular flexibility index (Phi) is 24.8. The molecule has 7 heterocycles. The molecule has 0 saturated carbocycles. The van der Waals surface area contributed by atoms with Crippen LogP contribution in [0.25, 0.3) is 11.1 Å². The molecule has 7 aliphatic heterocycles. The van der Waals surface area contributed by atoms with E-state index in [1.165, 1.54) is 12.1 Å². The number of aliphatic carboxylic acids is 1. The van der Waals surface area contributed by atoms with Crippen molar-refractivity contribution >= 4 is 76.2 Å². The lowest BCUT2D eigenvalue weighted by Crippen LogP contribution is -2.65. The van der Waals surface area contributed by atoms with Crippen LogP contribution >= 0.6 is 23.2 Å². The van der Waals surface area contributed by atoms with Gasteiger partial charge in [-0.2, -0.15) is 0 Å². The molecule has 21 N–H and O–H groups in total. The average molecular weight is 1670 g/mol. The lowest BCUT2D eigenvalue weighted by atomic mass is 9.84. The van der Waals surface area contributed by atoms with Gasteiger partial charge in [0.1, 0.15) is 102 Å². The van der Waals surface area contributed by atoms with E-state index in [0.717, 1.165) is 77.9 Å². The minimum atomic E-state index is -2.33. The lowest BCUT2D eigenvalue weighted by Gasteiger charge is -2.48. The Morgan fingerprint density at radius 3 is 1.95 bits per heavy atom. The number of halogens is 2. The van der Waals surface area contributed by atoms with Gasteiger partial charge in [-0.15, -0.1) is 0 Å². The van der Waals surface area contributed by atoms with Gasteiger partial charge in [-0.3, -0.25) is 33.6 Å². The van der Waals surface area contributed by atoms with E-state index in [1.807, 2.05) is 37.3 Å².